The van der Waals surface area contributed by atoms with Crippen LogP contribution in [0.2, 0.25) is 0 Å². The van der Waals surface area contributed by atoms with Crippen LogP contribution in [0.15, 0.2) is 41.1 Å². The Kier molecular flexibility index (Phi) is 5.62. The van der Waals surface area contributed by atoms with E-state index in [4.69, 9.17) is 4.74 Å². The number of methoxy groups -OCH3 is 1. The number of carbonyl (C=O) groups is 1. The van der Waals surface area contributed by atoms with Gasteiger partial charge in [-0.2, -0.15) is 24.5 Å². The van der Waals surface area contributed by atoms with Gasteiger partial charge in [-0.15, -0.1) is 0 Å². The average Bonchev–Trinajstić information content (AvgIpc) is 3.02. The van der Waals surface area contributed by atoms with Crippen LogP contribution in [0.1, 0.15) is 17.2 Å². The molecule has 23 heavy (non-hydrogen) atoms. The van der Waals surface area contributed by atoms with E-state index in [1.54, 1.807) is 0 Å². The summed E-state index contributed by atoms with van der Waals surface area (Å²) in [5, 5.41) is 8.92. The fourth-order valence-corrected chi connectivity index (χ4v) is 2.60. The molecule has 0 radical (unpaired) electrons. The van der Waals surface area contributed by atoms with Gasteiger partial charge in [0, 0.05) is 19.3 Å². The highest BCUT2D eigenvalue weighted by atomic mass is 32.1. The van der Waals surface area contributed by atoms with Crippen LogP contribution in [0.4, 0.5) is 23.7 Å². The monoisotopic (exact) mass is 344 g/mol. The van der Waals surface area contributed by atoms with Gasteiger partial charge in [0.2, 0.25) is 0 Å². The Morgan fingerprint density at radius 1 is 1.26 bits per heavy atom. The van der Waals surface area contributed by atoms with Crippen LogP contribution < -0.4 is 10.6 Å². The maximum absolute atomic E-state index is 12.5. The molecule has 8 heteroatoms. The van der Waals surface area contributed by atoms with Crippen molar-refractivity contribution in [2.45, 2.75) is 12.3 Å². The zero-order chi connectivity index (χ0) is 16.9. The molecule has 0 saturated carbocycles. The van der Waals surface area contributed by atoms with Gasteiger partial charge >= 0.3 is 12.2 Å². The third-order valence-corrected chi connectivity index (χ3v) is 3.82. The maximum Gasteiger partial charge on any atom is 0.416 e. The zero-order valence-electron chi connectivity index (χ0n) is 12.2. The topological polar surface area (TPSA) is 50.4 Å². The average molecular weight is 344 g/mol. The minimum absolute atomic E-state index is 0.250. The number of anilines is 1. The third kappa shape index (κ3) is 4.97. The Morgan fingerprint density at radius 2 is 1.96 bits per heavy atom. The van der Waals surface area contributed by atoms with Crippen LogP contribution in [0.3, 0.4) is 0 Å². The van der Waals surface area contributed by atoms with Gasteiger partial charge < -0.3 is 15.4 Å². The summed E-state index contributed by atoms with van der Waals surface area (Å²) in [7, 11) is 1.54. The number of hydrogen-bond donors (Lipinski definition) is 2. The molecule has 2 aromatic rings. The number of carbonyl (C=O) groups excluding carboxylic acids is 1. The lowest BCUT2D eigenvalue weighted by Gasteiger charge is -2.15. The molecule has 1 aromatic carbocycles. The molecule has 2 N–H and O–H groups in total. The predicted octanol–water partition coefficient (Wildman–Crippen LogP) is 4.28. The van der Waals surface area contributed by atoms with E-state index in [2.05, 4.69) is 10.6 Å². The van der Waals surface area contributed by atoms with Gasteiger partial charge in [-0.1, -0.05) is 0 Å². The van der Waals surface area contributed by atoms with Gasteiger partial charge in [0.05, 0.1) is 5.56 Å². The number of halogens is 3. The molecular formula is C15H15F3N2O2S. The summed E-state index contributed by atoms with van der Waals surface area (Å²) in [6.07, 6.45) is -4.67. The predicted molar refractivity (Wildman–Crippen MR) is 82.5 cm³/mol. The number of nitrogens with one attached hydrogen (secondary N) is 2. The van der Waals surface area contributed by atoms with Crippen molar-refractivity contribution in [1.82, 2.24) is 5.32 Å². The lowest BCUT2D eigenvalue weighted by Crippen LogP contribution is -2.32. The van der Waals surface area contributed by atoms with Gasteiger partial charge in [0.1, 0.15) is 6.10 Å². The zero-order valence-corrected chi connectivity index (χ0v) is 13.0. The molecule has 1 aromatic heterocycles. The van der Waals surface area contributed by atoms with Gasteiger partial charge in [0.15, 0.2) is 0 Å². The SMILES string of the molecule is COC(CNC(=O)Nc1ccc(C(F)(F)F)cc1)c1ccsc1. The molecule has 0 aliphatic heterocycles. The van der Waals surface area contributed by atoms with Gasteiger partial charge in [0.25, 0.3) is 0 Å². The number of hydrogen-bond acceptors (Lipinski definition) is 3. The third-order valence-electron chi connectivity index (χ3n) is 3.12. The minimum Gasteiger partial charge on any atom is -0.375 e. The highest BCUT2D eigenvalue weighted by Gasteiger charge is 2.29. The summed E-state index contributed by atoms with van der Waals surface area (Å²) in [6.45, 7) is 0.250. The molecule has 0 saturated heterocycles. The first-order chi connectivity index (χ1) is 10.9. The van der Waals surface area contributed by atoms with E-state index >= 15 is 0 Å². The lowest BCUT2D eigenvalue weighted by molar-refractivity contribution is -0.137. The molecular weight excluding hydrogens is 329 g/mol. The molecule has 0 bridgehead atoms. The molecule has 0 aliphatic rings. The standard InChI is InChI=1S/C15H15F3N2O2S/c1-22-13(10-6-7-23-9-10)8-19-14(21)20-12-4-2-11(3-5-12)15(16,17)18/h2-7,9,13H,8H2,1H3,(H2,19,20,21). The molecule has 1 unspecified atom stereocenters. The van der Waals surface area contributed by atoms with E-state index in [1.807, 2.05) is 16.8 Å². The van der Waals surface area contributed by atoms with Crippen LogP contribution in [0.25, 0.3) is 0 Å². The highest BCUT2D eigenvalue weighted by Crippen LogP contribution is 2.29. The lowest BCUT2D eigenvalue weighted by atomic mass is 10.2. The van der Waals surface area contributed by atoms with Gasteiger partial charge in [-0.25, -0.2) is 4.79 Å². The molecule has 2 amide bonds. The Morgan fingerprint density at radius 3 is 2.48 bits per heavy atom. The quantitative estimate of drug-likeness (QED) is 0.851. The molecule has 2 rings (SSSR count). The van der Waals surface area contributed by atoms with Crippen LogP contribution in [0.5, 0.6) is 0 Å². The summed E-state index contributed by atoms with van der Waals surface area (Å²) in [6, 6.07) is 5.62. The van der Waals surface area contributed by atoms with E-state index in [-0.39, 0.29) is 18.3 Å². The normalized spacial score (nSPS) is 12.7. The number of thiophene rings is 1. The van der Waals surface area contributed by atoms with Crippen LogP contribution >= 0.6 is 11.3 Å². The second-order valence-corrected chi connectivity index (χ2v) is 5.47. The summed E-state index contributed by atoms with van der Waals surface area (Å²) in [5.74, 6) is 0. The highest BCUT2D eigenvalue weighted by molar-refractivity contribution is 7.07. The molecule has 0 aliphatic carbocycles. The second kappa shape index (κ2) is 7.47. The van der Waals surface area contributed by atoms with Crippen molar-refractivity contribution in [3.8, 4) is 0 Å². The number of amides is 2. The second-order valence-electron chi connectivity index (χ2n) is 4.69. The summed E-state index contributed by atoms with van der Waals surface area (Å²) in [5.41, 5.74) is 0.465. The minimum atomic E-state index is -4.40. The summed E-state index contributed by atoms with van der Waals surface area (Å²) >= 11 is 1.52. The molecule has 1 heterocycles. The van der Waals surface area contributed by atoms with Crippen molar-refractivity contribution in [1.29, 1.82) is 0 Å². The number of rotatable bonds is 5. The van der Waals surface area contributed by atoms with Crippen molar-refractivity contribution in [3.05, 3.63) is 52.2 Å². The summed E-state index contributed by atoms with van der Waals surface area (Å²) < 4.78 is 42.6. The van der Waals surface area contributed by atoms with E-state index in [0.717, 1.165) is 17.7 Å². The van der Waals surface area contributed by atoms with E-state index in [9.17, 15) is 18.0 Å². The van der Waals surface area contributed by atoms with Crippen LogP contribution in [0, 0.1) is 0 Å². The molecule has 4 nitrogen and oxygen atoms in total. The van der Waals surface area contributed by atoms with Crippen molar-refractivity contribution < 1.29 is 22.7 Å². The molecule has 124 valence electrons. The Bertz CT molecular complexity index is 627. The van der Waals surface area contributed by atoms with Crippen LogP contribution in [-0.2, 0) is 10.9 Å². The van der Waals surface area contributed by atoms with Crippen molar-refractivity contribution in [2.75, 3.05) is 19.0 Å². The first kappa shape index (κ1) is 17.3. The smallest absolute Gasteiger partial charge is 0.375 e. The number of alkyl halides is 3. The Hall–Kier alpha value is -2.06. The van der Waals surface area contributed by atoms with Crippen molar-refractivity contribution >= 4 is 23.1 Å². The number of urea groups is 1. The first-order valence-corrected chi connectivity index (χ1v) is 7.61. The molecule has 0 fully saturated rings. The first-order valence-electron chi connectivity index (χ1n) is 6.67. The van der Waals surface area contributed by atoms with E-state index in [0.29, 0.717) is 0 Å². The number of benzene rings is 1. The van der Waals surface area contributed by atoms with Crippen molar-refractivity contribution in [2.24, 2.45) is 0 Å². The van der Waals surface area contributed by atoms with Crippen LogP contribution in [-0.4, -0.2) is 19.7 Å². The fourth-order valence-electron chi connectivity index (χ4n) is 1.90. The largest absolute Gasteiger partial charge is 0.416 e. The summed E-state index contributed by atoms with van der Waals surface area (Å²) in [4.78, 5) is 11.8. The van der Waals surface area contributed by atoms with E-state index in [1.165, 1.54) is 30.6 Å². The maximum atomic E-state index is 12.5. The molecule has 1 atom stereocenters. The van der Waals surface area contributed by atoms with Gasteiger partial charge in [-0.3, -0.25) is 0 Å². The molecule has 0 spiro atoms. The fraction of sp³-hybridized carbons (Fsp3) is 0.267. The Labute approximate surface area is 135 Å². The Balaban J connectivity index is 1.87. The number of ether oxygens (including phenoxy) is 1. The van der Waals surface area contributed by atoms with Gasteiger partial charge in [-0.05, 0) is 46.7 Å². The van der Waals surface area contributed by atoms with E-state index < -0.39 is 17.8 Å². The van der Waals surface area contributed by atoms with Crippen molar-refractivity contribution in [3.63, 3.8) is 0 Å².